The molecule has 0 spiro atoms. The van der Waals surface area contributed by atoms with Crippen molar-refractivity contribution < 1.29 is 38.6 Å². The second-order valence-corrected chi connectivity index (χ2v) is 19.1. The monoisotopic (exact) mass is 919 g/mol. The summed E-state index contributed by atoms with van der Waals surface area (Å²) in [5.74, 6) is -2.07. The maximum absolute atomic E-state index is 14.7. The Labute approximate surface area is 393 Å². The Balaban J connectivity index is 1.29. The summed E-state index contributed by atoms with van der Waals surface area (Å²) in [5, 5.41) is 16.7. The van der Waals surface area contributed by atoms with Gasteiger partial charge in [-0.1, -0.05) is 46.4 Å². The first-order chi connectivity index (χ1) is 31.9. The van der Waals surface area contributed by atoms with Crippen molar-refractivity contribution in [3.63, 3.8) is 0 Å². The van der Waals surface area contributed by atoms with Gasteiger partial charge in [0.05, 0.1) is 24.1 Å². The molecular formula is C51H66N8O8. The Kier molecular flexibility index (Phi) is 14.8. The van der Waals surface area contributed by atoms with Crippen LogP contribution in [0.2, 0.25) is 0 Å². The molecule has 5 heterocycles. The molecular weight excluding hydrogens is 853 g/mol. The van der Waals surface area contributed by atoms with Gasteiger partial charge in [0.2, 0.25) is 11.8 Å². The fraction of sp³-hybridized carbons (Fsp3) is 0.490. The molecule has 6 bridgehead atoms. The van der Waals surface area contributed by atoms with Gasteiger partial charge in [0, 0.05) is 87.9 Å². The van der Waals surface area contributed by atoms with Crippen LogP contribution in [0.5, 0.6) is 5.75 Å². The predicted molar refractivity (Wildman–Crippen MR) is 255 cm³/mol. The Morgan fingerprint density at radius 2 is 1.78 bits per heavy atom. The minimum Gasteiger partial charge on any atom is -0.508 e. The zero-order valence-corrected chi connectivity index (χ0v) is 40.1. The molecule has 3 N–H and O–H groups in total. The van der Waals surface area contributed by atoms with Crippen LogP contribution in [0, 0.1) is 11.3 Å². The first kappa shape index (κ1) is 48.7. The molecule has 0 saturated carbocycles. The average molecular weight is 919 g/mol. The number of nitrogens with one attached hydrogen (secondary N) is 2. The lowest BCUT2D eigenvalue weighted by Crippen LogP contribution is -2.63. The normalized spacial score (nSPS) is 19.9. The van der Waals surface area contributed by atoms with E-state index in [-0.39, 0.29) is 62.4 Å². The average Bonchev–Trinajstić information content (AvgIpc) is 3.62. The minimum atomic E-state index is -1.17. The van der Waals surface area contributed by atoms with Crippen LogP contribution in [-0.4, -0.2) is 136 Å². The summed E-state index contributed by atoms with van der Waals surface area (Å²) >= 11 is 0. The molecule has 16 heteroatoms. The van der Waals surface area contributed by atoms with Gasteiger partial charge >= 0.3 is 12.0 Å². The first-order valence-electron chi connectivity index (χ1n) is 23.4. The number of amides is 5. The van der Waals surface area contributed by atoms with Crippen molar-refractivity contribution in [2.24, 2.45) is 11.3 Å². The molecule has 16 nitrogen and oxygen atoms in total. The van der Waals surface area contributed by atoms with Crippen LogP contribution in [0.25, 0.3) is 33.3 Å². The number of rotatable bonds is 9. The molecule has 67 heavy (non-hydrogen) atoms. The molecule has 3 aliphatic heterocycles. The first-order valence-corrected chi connectivity index (χ1v) is 23.4. The van der Waals surface area contributed by atoms with Crippen LogP contribution < -0.4 is 10.7 Å². The van der Waals surface area contributed by atoms with Crippen LogP contribution in [0.4, 0.5) is 4.79 Å². The number of methoxy groups -OCH3 is 1. The Morgan fingerprint density at radius 3 is 2.46 bits per heavy atom. The summed E-state index contributed by atoms with van der Waals surface area (Å²) in [6, 6.07) is 12.1. The summed E-state index contributed by atoms with van der Waals surface area (Å²) in [6.07, 6.45) is 4.21. The van der Waals surface area contributed by atoms with Crippen molar-refractivity contribution in [2.75, 3.05) is 53.5 Å². The van der Waals surface area contributed by atoms with Crippen LogP contribution >= 0.6 is 0 Å². The van der Waals surface area contributed by atoms with Gasteiger partial charge in [-0.15, -0.1) is 0 Å². The van der Waals surface area contributed by atoms with Crippen LogP contribution in [0.3, 0.4) is 0 Å². The zero-order valence-electron chi connectivity index (χ0n) is 40.1. The number of nitrogens with zero attached hydrogens (tertiary/aromatic N) is 6. The van der Waals surface area contributed by atoms with Gasteiger partial charge in [0.1, 0.15) is 23.9 Å². The number of hydrogen-bond donors (Lipinski definition) is 3. The standard InChI is InChI=1S/C51H66N8O8/c1-10-43(61)56-20-22-57(23-21-56)50(65)55(8)45(31(3)4)47(62)53-41-26-33-24-35(27-36(60)25-33)34-16-17-42-38(28-34)39(46(58(42)11-2)37-14-12-18-52-44(37)32(5)66-9)29-51(6,7)30-67-49(64)40-15-13-19-59(54-40)48(41)63/h10,12,14,16-18,24-25,27-28,31-32,40-41,45,54,60H,1,11,13,15,19-23,26,29-30H2,2-9H3,(H,53,62)/t32-,40-,41-,45?/m0/s1. The number of hydrogen-bond acceptors (Lipinski definition) is 10. The maximum atomic E-state index is 14.7. The molecule has 4 atom stereocenters. The van der Waals surface area contributed by atoms with E-state index >= 15 is 0 Å². The second-order valence-electron chi connectivity index (χ2n) is 19.1. The minimum absolute atomic E-state index is 0.0133. The molecule has 3 aliphatic rings. The second kappa shape index (κ2) is 20.3. The number of carbonyl (C=O) groups is 5. The number of aryl methyl sites for hydroxylation is 1. The SMILES string of the molecule is C=CC(=O)N1CCN(C(=O)N(C)C(C(=O)N[C@H]2Cc3cc(O)cc(c3)-c3ccc4c(c3)c(c(-c3cccnc3[C@H](C)OC)n4CC)CC(C)(C)COC(=O)[C@@H]3CCCN(N3)C2=O)C(C)C)CC1. The largest absolute Gasteiger partial charge is 0.508 e. The van der Waals surface area contributed by atoms with Crippen molar-refractivity contribution in [2.45, 2.75) is 98.0 Å². The molecule has 5 amide bonds. The van der Waals surface area contributed by atoms with E-state index in [0.717, 1.165) is 39.0 Å². The number of aromatic hydroxyl groups is 1. The van der Waals surface area contributed by atoms with E-state index in [0.29, 0.717) is 50.0 Å². The number of ether oxygens (including phenoxy) is 2. The summed E-state index contributed by atoms with van der Waals surface area (Å²) in [4.78, 5) is 78.7. The highest BCUT2D eigenvalue weighted by atomic mass is 16.5. The van der Waals surface area contributed by atoms with Crippen LogP contribution in [0.1, 0.15) is 77.3 Å². The number of urea groups is 1. The molecule has 1 unspecified atom stereocenters. The zero-order chi connectivity index (χ0) is 48.3. The molecule has 7 rings (SSSR count). The maximum Gasteiger partial charge on any atom is 0.324 e. The number of cyclic esters (lactones) is 1. The lowest BCUT2D eigenvalue weighted by Gasteiger charge is -2.39. The number of piperazine rings is 1. The third-order valence-electron chi connectivity index (χ3n) is 13.3. The summed E-state index contributed by atoms with van der Waals surface area (Å²) < 4.78 is 14.2. The Hall–Kier alpha value is -6.26. The summed E-state index contributed by atoms with van der Waals surface area (Å²) in [6.45, 7) is 17.8. The Morgan fingerprint density at radius 1 is 1.04 bits per heavy atom. The quantitative estimate of drug-likeness (QED) is 0.136. The third-order valence-corrected chi connectivity index (χ3v) is 13.3. The fourth-order valence-corrected chi connectivity index (χ4v) is 9.84. The van der Waals surface area contributed by atoms with E-state index in [1.54, 1.807) is 42.3 Å². The Bertz CT molecular complexity index is 2530. The number of esters is 1. The van der Waals surface area contributed by atoms with Crippen LogP contribution in [-0.2, 0) is 48.0 Å². The smallest absolute Gasteiger partial charge is 0.324 e. The molecule has 2 aromatic heterocycles. The van der Waals surface area contributed by atoms with Crippen molar-refractivity contribution in [3.8, 4) is 28.1 Å². The van der Waals surface area contributed by atoms with Gasteiger partial charge in [-0.25, -0.2) is 10.2 Å². The van der Waals surface area contributed by atoms with Gasteiger partial charge < -0.3 is 39.2 Å². The molecule has 2 saturated heterocycles. The van der Waals surface area contributed by atoms with Crippen molar-refractivity contribution in [1.29, 1.82) is 0 Å². The van der Waals surface area contributed by atoms with Crippen molar-refractivity contribution >= 4 is 40.6 Å². The van der Waals surface area contributed by atoms with E-state index in [1.807, 2.05) is 39.0 Å². The number of phenolic OH excluding ortho intramolecular Hbond substituents is 1. The lowest BCUT2D eigenvalue weighted by molar-refractivity contribution is -0.155. The van der Waals surface area contributed by atoms with E-state index in [9.17, 15) is 29.1 Å². The number of hydrazine groups is 1. The number of carbonyl (C=O) groups excluding carboxylic acids is 5. The highest BCUT2D eigenvalue weighted by molar-refractivity contribution is 5.96. The van der Waals surface area contributed by atoms with Gasteiger partial charge in [-0.3, -0.25) is 29.2 Å². The highest BCUT2D eigenvalue weighted by Gasteiger charge is 2.39. The van der Waals surface area contributed by atoms with E-state index < -0.39 is 41.3 Å². The molecule has 4 aromatic rings. The fourth-order valence-electron chi connectivity index (χ4n) is 9.84. The third kappa shape index (κ3) is 10.3. The molecule has 358 valence electrons. The van der Waals surface area contributed by atoms with E-state index in [2.05, 4.69) is 60.9 Å². The summed E-state index contributed by atoms with van der Waals surface area (Å²) in [7, 11) is 3.24. The number of phenols is 1. The lowest BCUT2D eigenvalue weighted by atomic mass is 9.84. The molecule has 2 aromatic carbocycles. The number of likely N-dealkylation sites (N-methyl/N-ethyl adjacent to an activating group) is 1. The number of benzene rings is 2. The highest BCUT2D eigenvalue weighted by Crippen LogP contribution is 2.42. The van der Waals surface area contributed by atoms with Gasteiger partial charge in [-0.2, -0.15) is 0 Å². The summed E-state index contributed by atoms with van der Waals surface area (Å²) in [5.41, 5.74) is 9.52. The van der Waals surface area contributed by atoms with E-state index in [4.69, 9.17) is 14.5 Å². The molecule has 0 radical (unpaired) electrons. The number of pyridine rings is 1. The van der Waals surface area contributed by atoms with Crippen LogP contribution in [0.15, 0.2) is 67.4 Å². The van der Waals surface area contributed by atoms with Crippen molar-refractivity contribution in [3.05, 3.63) is 84.2 Å². The number of fused-ring (bicyclic) bond motifs is 6. The predicted octanol–water partition coefficient (Wildman–Crippen LogP) is 5.86. The molecule has 2 fully saturated rings. The topological polar surface area (TPSA) is 179 Å². The van der Waals surface area contributed by atoms with Gasteiger partial charge in [0.25, 0.3) is 5.91 Å². The van der Waals surface area contributed by atoms with Gasteiger partial charge in [0.15, 0.2) is 0 Å². The number of aromatic nitrogens is 2. The van der Waals surface area contributed by atoms with Crippen molar-refractivity contribution in [1.82, 2.24) is 40.0 Å². The molecule has 0 aliphatic carbocycles. The van der Waals surface area contributed by atoms with E-state index in [1.165, 1.54) is 16.0 Å². The van der Waals surface area contributed by atoms with Gasteiger partial charge in [-0.05, 0) is 104 Å².